The number of aliphatic hydroxyl groups excluding tert-OH is 1. The molecule has 0 aromatic carbocycles. The van der Waals surface area contributed by atoms with Crippen LogP contribution in [0, 0.1) is 11.8 Å². The van der Waals surface area contributed by atoms with Crippen molar-refractivity contribution in [1.29, 1.82) is 0 Å². The van der Waals surface area contributed by atoms with Gasteiger partial charge in [-0.15, -0.1) is 12.4 Å². The van der Waals surface area contributed by atoms with Crippen LogP contribution in [-0.2, 0) is 0 Å². The van der Waals surface area contributed by atoms with E-state index in [0.717, 1.165) is 25.4 Å². The van der Waals surface area contributed by atoms with E-state index in [1.807, 2.05) is 0 Å². The van der Waals surface area contributed by atoms with Gasteiger partial charge in [0.15, 0.2) is 0 Å². The Balaban J connectivity index is 0.000000500. The van der Waals surface area contributed by atoms with E-state index in [1.165, 1.54) is 6.42 Å². The molecule has 2 nitrogen and oxygen atoms in total. The molecule has 0 aromatic rings. The summed E-state index contributed by atoms with van der Waals surface area (Å²) in [7, 11) is 0. The molecule has 0 aromatic heterocycles. The van der Waals surface area contributed by atoms with E-state index in [9.17, 15) is 5.11 Å². The van der Waals surface area contributed by atoms with Gasteiger partial charge in [0.1, 0.15) is 0 Å². The molecular weight excluding hydrogens is 150 g/mol. The first-order chi connectivity index (χ1) is 4.38. The molecule has 3 heteroatoms. The second-order valence-corrected chi connectivity index (χ2v) is 3.23. The highest BCUT2D eigenvalue weighted by molar-refractivity contribution is 5.85. The van der Waals surface area contributed by atoms with Crippen molar-refractivity contribution in [2.75, 3.05) is 13.1 Å². The van der Waals surface area contributed by atoms with Gasteiger partial charge < -0.3 is 10.4 Å². The molecule has 2 fully saturated rings. The summed E-state index contributed by atoms with van der Waals surface area (Å²) in [5.74, 6) is 1.38. The molecule has 2 aliphatic rings. The summed E-state index contributed by atoms with van der Waals surface area (Å²) < 4.78 is 0. The van der Waals surface area contributed by atoms with Crippen LogP contribution in [0.4, 0.5) is 0 Å². The largest absolute Gasteiger partial charge is 0.393 e. The average molecular weight is 164 g/mol. The van der Waals surface area contributed by atoms with Gasteiger partial charge in [0.05, 0.1) is 6.10 Å². The molecule has 1 heterocycles. The molecule has 10 heavy (non-hydrogen) atoms. The van der Waals surface area contributed by atoms with E-state index in [1.54, 1.807) is 0 Å². The summed E-state index contributed by atoms with van der Waals surface area (Å²) in [6.07, 6.45) is 2.28. The molecule has 1 aliphatic carbocycles. The van der Waals surface area contributed by atoms with Crippen molar-refractivity contribution in [3.05, 3.63) is 0 Å². The van der Waals surface area contributed by atoms with Gasteiger partial charge in [0.2, 0.25) is 0 Å². The van der Waals surface area contributed by atoms with E-state index in [2.05, 4.69) is 5.32 Å². The zero-order chi connectivity index (χ0) is 6.27. The minimum Gasteiger partial charge on any atom is -0.393 e. The Hall–Kier alpha value is 0.210. The molecule has 1 aliphatic heterocycles. The Kier molecular flexibility index (Phi) is 2.55. The van der Waals surface area contributed by atoms with Crippen LogP contribution < -0.4 is 5.32 Å². The number of rotatable bonds is 0. The highest BCUT2D eigenvalue weighted by Gasteiger charge is 2.37. The van der Waals surface area contributed by atoms with Crippen molar-refractivity contribution in [3.63, 3.8) is 0 Å². The second kappa shape index (κ2) is 3.07. The van der Waals surface area contributed by atoms with Gasteiger partial charge in [-0.05, 0) is 25.3 Å². The number of fused-ring (bicyclic) bond motifs is 1. The molecule has 0 radical (unpaired) electrons. The maximum absolute atomic E-state index is 9.36. The molecule has 1 saturated heterocycles. The maximum Gasteiger partial charge on any atom is 0.0583 e. The zero-order valence-electron chi connectivity index (χ0n) is 5.92. The van der Waals surface area contributed by atoms with Gasteiger partial charge in [-0.3, -0.25) is 0 Å². The summed E-state index contributed by atoms with van der Waals surface area (Å²) in [6, 6.07) is 0. The lowest BCUT2D eigenvalue weighted by atomic mass is 10.00. The van der Waals surface area contributed by atoms with Crippen molar-refractivity contribution in [3.8, 4) is 0 Å². The number of hydrogen-bond donors (Lipinski definition) is 2. The molecule has 2 rings (SSSR count). The van der Waals surface area contributed by atoms with Crippen molar-refractivity contribution in [2.24, 2.45) is 11.8 Å². The third-order valence-electron chi connectivity index (χ3n) is 2.72. The molecule has 0 unspecified atom stereocenters. The number of hydrogen-bond acceptors (Lipinski definition) is 2. The lowest BCUT2D eigenvalue weighted by molar-refractivity contribution is 0.133. The van der Waals surface area contributed by atoms with Gasteiger partial charge in [-0.2, -0.15) is 0 Å². The molecule has 60 valence electrons. The SMILES string of the molecule is Cl.O[C@@H]1CC[C@@H]2CNC[C@@H]21. The summed E-state index contributed by atoms with van der Waals surface area (Å²) in [6.45, 7) is 2.19. The molecule has 0 spiro atoms. The zero-order valence-corrected chi connectivity index (χ0v) is 6.73. The molecule has 0 amide bonds. The molecule has 2 N–H and O–H groups in total. The van der Waals surface area contributed by atoms with Crippen LogP contribution in [0.15, 0.2) is 0 Å². The van der Waals surface area contributed by atoms with Crippen LogP contribution in [0.5, 0.6) is 0 Å². The minimum atomic E-state index is 0. The third kappa shape index (κ3) is 1.16. The topological polar surface area (TPSA) is 32.3 Å². The Morgan fingerprint density at radius 3 is 2.70 bits per heavy atom. The van der Waals surface area contributed by atoms with E-state index in [0.29, 0.717) is 5.92 Å². The van der Waals surface area contributed by atoms with Gasteiger partial charge in [0.25, 0.3) is 0 Å². The molecular formula is C7H14ClNO. The molecule has 3 atom stereocenters. The van der Waals surface area contributed by atoms with Crippen molar-refractivity contribution >= 4 is 12.4 Å². The van der Waals surface area contributed by atoms with Crippen LogP contribution >= 0.6 is 12.4 Å². The quantitative estimate of drug-likeness (QED) is 0.542. The number of nitrogens with one attached hydrogen (secondary N) is 1. The van der Waals surface area contributed by atoms with E-state index < -0.39 is 0 Å². The first-order valence-corrected chi connectivity index (χ1v) is 3.76. The van der Waals surface area contributed by atoms with Crippen LogP contribution in [0.25, 0.3) is 0 Å². The van der Waals surface area contributed by atoms with Crippen molar-refractivity contribution < 1.29 is 5.11 Å². The fourth-order valence-electron chi connectivity index (χ4n) is 2.12. The lowest BCUT2D eigenvalue weighted by Crippen LogP contribution is -2.19. The highest BCUT2D eigenvalue weighted by atomic mass is 35.5. The Labute approximate surface area is 67.4 Å². The van der Waals surface area contributed by atoms with Gasteiger partial charge in [-0.1, -0.05) is 0 Å². The van der Waals surface area contributed by atoms with Gasteiger partial charge in [-0.25, -0.2) is 0 Å². The normalized spacial score (nSPS) is 44.7. The Bertz CT molecular complexity index is 120. The standard InChI is InChI=1S/C7H13NO.ClH/c9-7-2-1-5-3-8-4-6(5)7;/h5-9H,1-4H2;1H/t5-,6+,7-;/m1./s1. The first kappa shape index (κ1) is 8.31. The monoisotopic (exact) mass is 163 g/mol. The van der Waals surface area contributed by atoms with Crippen molar-refractivity contribution in [1.82, 2.24) is 5.32 Å². The fourth-order valence-corrected chi connectivity index (χ4v) is 2.12. The molecule has 1 saturated carbocycles. The predicted molar refractivity (Wildman–Crippen MR) is 42.3 cm³/mol. The Morgan fingerprint density at radius 2 is 2.00 bits per heavy atom. The smallest absolute Gasteiger partial charge is 0.0583 e. The highest BCUT2D eigenvalue weighted by Crippen LogP contribution is 2.33. The van der Waals surface area contributed by atoms with E-state index in [-0.39, 0.29) is 18.5 Å². The minimum absolute atomic E-state index is 0. The van der Waals surface area contributed by atoms with E-state index >= 15 is 0 Å². The molecule has 0 bridgehead atoms. The maximum atomic E-state index is 9.36. The lowest BCUT2D eigenvalue weighted by Gasteiger charge is -2.09. The van der Waals surface area contributed by atoms with E-state index in [4.69, 9.17) is 0 Å². The average Bonchev–Trinajstić information content (AvgIpc) is 2.35. The summed E-state index contributed by atoms with van der Waals surface area (Å²) in [4.78, 5) is 0. The van der Waals surface area contributed by atoms with Gasteiger partial charge in [0, 0.05) is 12.5 Å². The predicted octanol–water partition coefficient (Wildman–Crippen LogP) is 0.398. The number of aliphatic hydroxyl groups is 1. The van der Waals surface area contributed by atoms with Crippen LogP contribution in [0.2, 0.25) is 0 Å². The second-order valence-electron chi connectivity index (χ2n) is 3.23. The third-order valence-corrected chi connectivity index (χ3v) is 2.72. The van der Waals surface area contributed by atoms with Crippen molar-refractivity contribution in [2.45, 2.75) is 18.9 Å². The summed E-state index contributed by atoms with van der Waals surface area (Å²) >= 11 is 0. The summed E-state index contributed by atoms with van der Waals surface area (Å²) in [5.41, 5.74) is 0. The fraction of sp³-hybridized carbons (Fsp3) is 1.00. The first-order valence-electron chi connectivity index (χ1n) is 3.76. The summed E-state index contributed by atoms with van der Waals surface area (Å²) in [5, 5.41) is 12.7. The van der Waals surface area contributed by atoms with Crippen LogP contribution in [0.3, 0.4) is 0 Å². The van der Waals surface area contributed by atoms with Gasteiger partial charge >= 0.3 is 0 Å². The van der Waals surface area contributed by atoms with Crippen LogP contribution in [-0.4, -0.2) is 24.3 Å². The Morgan fingerprint density at radius 1 is 1.20 bits per heavy atom. The number of halogens is 1. The van der Waals surface area contributed by atoms with Crippen LogP contribution in [0.1, 0.15) is 12.8 Å².